The molecular weight excluding hydrogens is 330 g/mol. The van der Waals surface area contributed by atoms with Crippen molar-refractivity contribution in [1.29, 1.82) is 0 Å². The monoisotopic (exact) mass is 357 g/mol. The van der Waals surface area contributed by atoms with E-state index < -0.39 is 0 Å². The number of anilines is 1. The molecule has 1 atom stereocenters. The van der Waals surface area contributed by atoms with Gasteiger partial charge in [-0.05, 0) is 50.6 Å². The molecule has 0 saturated carbocycles. The minimum atomic E-state index is -0.221. The molecule has 2 aromatic rings. The summed E-state index contributed by atoms with van der Waals surface area (Å²) in [6.45, 7) is 7.27. The van der Waals surface area contributed by atoms with E-state index in [4.69, 9.17) is 4.42 Å². The molecule has 26 heavy (non-hydrogen) atoms. The summed E-state index contributed by atoms with van der Waals surface area (Å²) in [5.74, 6) is 0.840. The van der Waals surface area contributed by atoms with Crippen LogP contribution in [0, 0.1) is 0 Å². The Bertz CT molecular complexity index is 706. The Labute approximate surface area is 154 Å². The van der Waals surface area contributed by atoms with E-state index in [1.54, 1.807) is 29.2 Å². The van der Waals surface area contributed by atoms with Gasteiger partial charge in [-0.2, -0.15) is 0 Å². The number of benzene rings is 1. The fourth-order valence-corrected chi connectivity index (χ4v) is 2.68. The van der Waals surface area contributed by atoms with Crippen LogP contribution in [0.25, 0.3) is 0 Å². The van der Waals surface area contributed by atoms with E-state index in [2.05, 4.69) is 5.32 Å². The van der Waals surface area contributed by atoms with Gasteiger partial charge in [0.15, 0.2) is 0 Å². The predicted molar refractivity (Wildman–Crippen MR) is 102 cm³/mol. The maximum absolute atomic E-state index is 12.4. The molecule has 0 saturated heterocycles. The lowest BCUT2D eigenvalue weighted by molar-refractivity contribution is -0.130. The van der Waals surface area contributed by atoms with E-state index in [1.807, 2.05) is 51.1 Å². The molecule has 0 spiro atoms. The minimum absolute atomic E-state index is 0.110. The lowest BCUT2D eigenvalue weighted by Crippen LogP contribution is -2.33. The van der Waals surface area contributed by atoms with Gasteiger partial charge in [-0.3, -0.25) is 4.79 Å². The van der Waals surface area contributed by atoms with Crippen molar-refractivity contribution < 1.29 is 14.0 Å². The quantitative estimate of drug-likeness (QED) is 0.817. The molecule has 1 aromatic heterocycles. The van der Waals surface area contributed by atoms with Crippen LogP contribution in [-0.2, 0) is 11.2 Å². The van der Waals surface area contributed by atoms with Crippen molar-refractivity contribution in [1.82, 2.24) is 9.80 Å². The van der Waals surface area contributed by atoms with Crippen molar-refractivity contribution in [3.63, 3.8) is 0 Å². The molecule has 2 rings (SSSR count). The molecule has 1 unspecified atom stereocenters. The molecule has 3 amide bonds. The predicted octanol–water partition coefficient (Wildman–Crippen LogP) is 3.92. The summed E-state index contributed by atoms with van der Waals surface area (Å²) < 4.78 is 5.35. The van der Waals surface area contributed by atoms with Crippen LogP contribution in [0.5, 0.6) is 0 Å². The SMILES string of the molecule is CCN(CC)C(=O)Cc1ccc(NC(=O)N(C)C(C)c2ccco2)cc1. The standard InChI is InChI=1S/C20H27N3O3/c1-5-23(6-2)19(24)14-16-9-11-17(12-10-16)21-20(25)22(4)15(3)18-8-7-13-26-18/h7-13,15H,5-6,14H2,1-4H3,(H,21,25). The van der Waals surface area contributed by atoms with E-state index in [0.717, 1.165) is 11.3 Å². The zero-order chi connectivity index (χ0) is 19.1. The summed E-state index contributed by atoms with van der Waals surface area (Å²) in [4.78, 5) is 27.9. The highest BCUT2D eigenvalue weighted by atomic mass is 16.3. The summed E-state index contributed by atoms with van der Waals surface area (Å²) in [5, 5.41) is 2.86. The molecule has 6 nitrogen and oxygen atoms in total. The van der Waals surface area contributed by atoms with Crippen molar-refractivity contribution >= 4 is 17.6 Å². The van der Waals surface area contributed by atoms with Crippen molar-refractivity contribution in [2.24, 2.45) is 0 Å². The largest absolute Gasteiger partial charge is 0.467 e. The highest BCUT2D eigenvalue weighted by molar-refractivity contribution is 5.89. The van der Waals surface area contributed by atoms with Crippen molar-refractivity contribution in [3.8, 4) is 0 Å². The van der Waals surface area contributed by atoms with E-state index >= 15 is 0 Å². The van der Waals surface area contributed by atoms with Crippen LogP contribution in [0.2, 0.25) is 0 Å². The first-order valence-corrected chi connectivity index (χ1v) is 8.90. The Morgan fingerprint density at radius 1 is 1.12 bits per heavy atom. The minimum Gasteiger partial charge on any atom is -0.467 e. The number of carbonyl (C=O) groups is 2. The highest BCUT2D eigenvalue weighted by Gasteiger charge is 2.19. The highest BCUT2D eigenvalue weighted by Crippen LogP contribution is 2.20. The van der Waals surface area contributed by atoms with Crippen LogP contribution in [0.3, 0.4) is 0 Å². The van der Waals surface area contributed by atoms with E-state index in [0.29, 0.717) is 25.2 Å². The summed E-state index contributed by atoms with van der Waals surface area (Å²) in [5.41, 5.74) is 1.62. The second kappa shape index (κ2) is 9.08. The maximum Gasteiger partial charge on any atom is 0.322 e. The normalized spacial score (nSPS) is 11.7. The number of carbonyl (C=O) groups excluding carboxylic acids is 2. The van der Waals surface area contributed by atoms with Gasteiger partial charge in [-0.1, -0.05) is 12.1 Å². The summed E-state index contributed by atoms with van der Waals surface area (Å²) >= 11 is 0. The average Bonchev–Trinajstić information content (AvgIpc) is 3.17. The molecule has 0 fully saturated rings. The average molecular weight is 357 g/mol. The van der Waals surface area contributed by atoms with Crippen LogP contribution in [0.15, 0.2) is 47.1 Å². The van der Waals surface area contributed by atoms with Gasteiger partial charge in [0, 0.05) is 25.8 Å². The fourth-order valence-electron chi connectivity index (χ4n) is 2.68. The third kappa shape index (κ3) is 4.88. The van der Waals surface area contributed by atoms with Gasteiger partial charge >= 0.3 is 6.03 Å². The molecule has 1 aromatic carbocycles. The second-order valence-corrected chi connectivity index (χ2v) is 6.17. The second-order valence-electron chi connectivity index (χ2n) is 6.17. The van der Waals surface area contributed by atoms with Gasteiger partial charge in [0.1, 0.15) is 5.76 Å². The van der Waals surface area contributed by atoms with Gasteiger partial charge in [-0.25, -0.2) is 4.79 Å². The van der Waals surface area contributed by atoms with E-state index in [-0.39, 0.29) is 18.0 Å². The lowest BCUT2D eigenvalue weighted by Gasteiger charge is -2.23. The van der Waals surface area contributed by atoms with Crippen LogP contribution in [0.4, 0.5) is 10.5 Å². The third-order valence-electron chi connectivity index (χ3n) is 4.53. The Kier molecular flexibility index (Phi) is 6.83. The number of furan rings is 1. The Balaban J connectivity index is 1.94. The topological polar surface area (TPSA) is 65.8 Å². The first kappa shape index (κ1) is 19.6. The molecule has 0 aliphatic carbocycles. The molecular formula is C20H27N3O3. The zero-order valence-electron chi connectivity index (χ0n) is 15.9. The van der Waals surface area contributed by atoms with Crippen molar-refractivity contribution in [2.75, 3.05) is 25.5 Å². The molecule has 1 N–H and O–H groups in total. The molecule has 1 heterocycles. The number of nitrogens with zero attached hydrogens (tertiary/aromatic N) is 2. The van der Waals surface area contributed by atoms with Crippen molar-refractivity contribution in [3.05, 3.63) is 54.0 Å². The van der Waals surface area contributed by atoms with Gasteiger partial charge in [-0.15, -0.1) is 0 Å². The van der Waals surface area contributed by atoms with Crippen LogP contribution >= 0.6 is 0 Å². The number of nitrogens with one attached hydrogen (secondary N) is 1. The fraction of sp³-hybridized carbons (Fsp3) is 0.400. The number of amides is 3. The maximum atomic E-state index is 12.4. The lowest BCUT2D eigenvalue weighted by atomic mass is 10.1. The number of hydrogen-bond donors (Lipinski definition) is 1. The van der Waals surface area contributed by atoms with Crippen molar-refractivity contribution in [2.45, 2.75) is 33.2 Å². The first-order chi connectivity index (χ1) is 12.5. The third-order valence-corrected chi connectivity index (χ3v) is 4.53. The molecule has 0 aliphatic rings. The number of likely N-dealkylation sites (N-methyl/N-ethyl adjacent to an activating group) is 1. The zero-order valence-corrected chi connectivity index (χ0v) is 15.9. The molecule has 0 radical (unpaired) electrons. The summed E-state index contributed by atoms with van der Waals surface area (Å²) in [6.07, 6.45) is 1.96. The summed E-state index contributed by atoms with van der Waals surface area (Å²) in [6, 6.07) is 10.6. The number of urea groups is 1. The van der Waals surface area contributed by atoms with Crippen LogP contribution < -0.4 is 5.32 Å². The number of hydrogen-bond acceptors (Lipinski definition) is 3. The number of rotatable bonds is 7. The summed E-state index contributed by atoms with van der Waals surface area (Å²) in [7, 11) is 1.72. The molecule has 6 heteroatoms. The van der Waals surface area contributed by atoms with Gasteiger partial charge in [0.05, 0.1) is 18.7 Å². The molecule has 140 valence electrons. The Morgan fingerprint density at radius 2 is 1.77 bits per heavy atom. The van der Waals surface area contributed by atoms with Gasteiger partial charge in [0.2, 0.25) is 5.91 Å². The Morgan fingerprint density at radius 3 is 2.31 bits per heavy atom. The molecule has 0 aliphatic heterocycles. The van der Waals surface area contributed by atoms with E-state index in [9.17, 15) is 9.59 Å². The van der Waals surface area contributed by atoms with Crippen LogP contribution in [-0.4, -0.2) is 41.9 Å². The first-order valence-electron chi connectivity index (χ1n) is 8.90. The van der Waals surface area contributed by atoms with Gasteiger partial charge in [0.25, 0.3) is 0 Å². The van der Waals surface area contributed by atoms with E-state index in [1.165, 1.54) is 0 Å². The van der Waals surface area contributed by atoms with Gasteiger partial charge < -0.3 is 19.5 Å². The van der Waals surface area contributed by atoms with Crippen LogP contribution in [0.1, 0.15) is 38.1 Å². The molecule has 0 bridgehead atoms. The Hall–Kier alpha value is -2.76. The smallest absolute Gasteiger partial charge is 0.322 e.